The average molecular weight is 317 g/mol. The van der Waals surface area contributed by atoms with E-state index in [4.69, 9.17) is 0 Å². The lowest BCUT2D eigenvalue weighted by atomic mass is 10.1. The number of aromatic nitrogens is 4. The highest BCUT2D eigenvalue weighted by Gasteiger charge is 2.18. The number of hydrogen-bond donors (Lipinski definition) is 3. The molecular formula is C16H23N5O2. The number of nitrogens with zero attached hydrogens (tertiary/aromatic N) is 2. The molecule has 7 nitrogen and oxygen atoms in total. The number of carbonyl (C=O) groups excluding carboxylic acids is 1. The van der Waals surface area contributed by atoms with Crippen LogP contribution in [0.1, 0.15) is 53.9 Å². The predicted octanol–water partition coefficient (Wildman–Crippen LogP) is 1.40. The minimum atomic E-state index is -0.243. The first kappa shape index (κ1) is 16.9. The molecule has 0 aliphatic carbocycles. The van der Waals surface area contributed by atoms with Crippen molar-refractivity contribution in [3.05, 3.63) is 44.4 Å². The van der Waals surface area contributed by atoms with Gasteiger partial charge in [0.25, 0.3) is 5.56 Å². The molecule has 0 radical (unpaired) electrons. The summed E-state index contributed by atoms with van der Waals surface area (Å²) < 4.78 is 0. The molecule has 2 aromatic rings. The third kappa shape index (κ3) is 3.67. The van der Waals surface area contributed by atoms with Crippen molar-refractivity contribution in [3.63, 3.8) is 0 Å². The quantitative estimate of drug-likeness (QED) is 0.775. The fourth-order valence-corrected chi connectivity index (χ4v) is 2.77. The lowest BCUT2D eigenvalue weighted by molar-refractivity contribution is -0.121. The maximum absolute atomic E-state index is 12.3. The van der Waals surface area contributed by atoms with Gasteiger partial charge >= 0.3 is 0 Å². The van der Waals surface area contributed by atoms with E-state index in [1.807, 2.05) is 27.7 Å². The van der Waals surface area contributed by atoms with Crippen molar-refractivity contribution in [2.75, 3.05) is 0 Å². The highest BCUT2D eigenvalue weighted by molar-refractivity contribution is 5.79. The minimum absolute atomic E-state index is 0.0123. The summed E-state index contributed by atoms with van der Waals surface area (Å²) in [7, 11) is 0. The summed E-state index contributed by atoms with van der Waals surface area (Å²) in [6.07, 6.45) is 0.664. The van der Waals surface area contributed by atoms with Gasteiger partial charge in [0.05, 0.1) is 18.2 Å². The summed E-state index contributed by atoms with van der Waals surface area (Å²) in [6, 6.07) is -0.177. The van der Waals surface area contributed by atoms with Crippen LogP contribution in [0.4, 0.5) is 0 Å². The molecule has 0 saturated heterocycles. The second-order valence-electron chi connectivity index (χ2n) is 5.74. The summed E-state index contributed by atoms with van der Waals surface area (Å²) in [4.78, 5) is 31.4. The van der Waals surface area contributed by atoms with Gasteiger partial charge in [0.1, 0.15) is 5.82 Å². The van der Waals surface area contributed by atoms with Crippen molar-refractivity contribution in [3.8, 4) is 0 Å². The zero-order valence-electron chi connectivity index (χ0n) is 14.2. The van der Waals surface area contributed by atoms with Crippen LogP contribution in [0.15, 0.2) is 4.79 Å². The van der Waals surface area contributed by atoms with E-state index < -0.39 is 0 Å². The van der Waals surface area contributed by atoms with Crippen molar-refractivity contribution in [2.45, 2.75) is 53.5 Å². The van der Waals surface area contributed by atoms with E-state index >= 15 is 0 Å². The Morgan fingerprint density at radius 3 is 2.48 bits per heavy atom. The fourth-order valence-electron chi connectivity index (χ4n) is 2.77. The Kier molecular flexibility index (Phi) is 4.98. The highest BCUT2D eigenvalue weighted by Crippen LogP contribution is 2.18. The van der Waals surface area contributed by atoms with Crippen LogP contribution in [0.3, 0.4) is 0 Å². The Morgan fingerprint density at radius 1 is 1.26 bits per heavy atom. The van der Waals surface area contributed by atoms with Gasteiger partial charge < -0.3 is 10.3 Å². The van der Waals surface area contributed by atoms with Gasteiger partial charge in [-0.05, 0) is 27.7 Å². The van der Waals surface area contributed by atoms with Gasteiger partial charge in [-0.15, -0.1) is 0 Å². The summed E-state index contributed by atoms with van der Waals surface area (Å²) in [5.74, 6) is 0.423. The van der Waals surface area contributed by atoms with Gasteiger partial charge in [-0.1, -0.05) is 6.92 Å². The molecule has 0 saturated carbocycles. The minimum Gasteiger partial charge on any atom is -0.349 e. The number of rotatable bonds is 5. The molecule has 2 aromatic heterocycles. The van der Waals surface area contributed by atoms with E-state index in [1.165, 1.54) is 0 Å². The zero-order valence-corrected chi connectivity index (χ0v) is 14.2. The van der Waals surface area contributed by atoms with Crippen molar-refractivity contribution in [2.24, 2.45) is 0 Å². The van der Waals surface area contributed by atoms with Crippen molar-refractivity contribution < 1.29 is 4.79 Å². The SMILES string of the molecule is CCc1nc(C)c(CC(=O)N[C@@H](C)c2c(C)n[nH]c2C)c(=O)[nH]1. The van der Waals surface area contributed by atoms with Crippen molar-refractivity contribution >= 4 is 5.91 Å². The molecule has 0 spiro atoms. The maximum atomic E-state index is 12.3. The topological polar surface area (TPSA) is 104 Å². The second kappa shape index (κ2) is 6.76. The number of H-pyrrole nitrogens is 2. The van der Waals surface area contributed by atoms with Crippen LogP contribution in [0.25, 0.3) is 0 Å². The Hall–Kier alpha value is -2.44. The first-order valence-corrected chi connectivity index (χ1v) is 7.73. The summed E-state index contributed by atoms with van der Waals surface area (Å²) in [5, 5.41) is 9.96. The van der Waals surface area contributed by atoms with Crippen LogP contribution in [0.2, 0.25) is 0 Å². The molecule has 0 aliphatic heterocycles. The third-order valence-corrected chi connectivity index (χ3v) is 3.94. The first-order valence-electron chi connectivity index (χ1n) is 7.73. The molecule has 0 unspecified atom stereocenters. The molecule has 0 fully saturated rings. The molecule has 7 heteroatoms. The van der Waals surface area contributed by atoms with Gasteiger partial charge in [-0.2, -0.15) is 5.10 Å². The third-order valence-electron chi connectivity index (χ3n) is 3.94. The van der Waals surface area contributed by atoms with E-state index in [1.54, 1.807) is 6.92 Å². The molecule has 0 aromatic carbocycles. The molecule has 3 N–H and O–H groups in total. The predicted molar refractivity (Wildman–Crippen MR) is 87.3 cm³/mol. The van der Waals surface area contributed by atoms with Crippen LogP contribution < -0.4 is 10.9 Å². The number of amides is 1. The van der Waals surface area contributed by atoms with Gasteiger partial charge in [0.15, 0.2) is 0 Å². The van der Waals surface area contributed by atoms with Crippen LogP contribution in [-0.2, 0) is 17.6 Å². The molecule has 0 bridgehead atoms. The normalized spacial score (nSPS) is 12.2. The van der Waals surface area contributed by atoms with E-state index in [9.17, 15) is 9.59 Å². The maximum Gasteiger partial charge on any atom is 0.254 e. The molecule has 23 heavy (non-hydrogen) atoms. The van der Waals surface area contributed by atoms with Gasteiger partial charge in [-0.25, -0.2) is 4.98 Å². The monoisotopic (exact) mass is 317 g/mol. The van der Waals surface area contributed by atoms with Crippen molar-refractivity contribution in [1.82, 2.24) is 25.5 Å². The number of aromatic amines is 2. The van der Waals surface area contributed by atoms with Gasteiger partial charge in [0.2, 0.25) is 5.91 Å². The van der Waals surface area contributed by atoms with Crippen LogP contribution in [0, 0.1) is 20.8 Å². The number of carbonyl (C=O) groups is 1. The largest absolute Gasteiger partial charge is 0.349 e. The van der Waals surface area contributed by atoms with Crippen molar-refractivity contribution in [1.29, 1.82) is 0 Å². The summed E-state index contributed by atoms with van der Waals surface area (Å²) >= 11 is 0. The Bertz CT molecular complexity index is 756. The van der Waals surface area contributed by atoms with E-state index in [2.05, 4.69) is 25.5 Å². The first-order chi connectivity index (χ1) is 10.8. The van der Waals surface area contributed by atoms with Gasteiger partial charge in [0, 0.05) is 28.9 Å². The zero-order chi connectivity index (χ0) is 17.1. The van der Waals surface area contributed by atoms with Crippen LogP contribution in [0.5, 0.6) is 0 Å². The Morgan fingerprint density at radius 2 is 1.96 bits per heavy atom. The lowest BCUT2D eigenvalue weighted by Gasteiger charge is -2.15. The Labute approximate surface area is 134 Å². The fraction of sp³-hybridized carbons (Fsp3) is 0.500. The molecule has 2 rings (SSSR count). The lowest BCUT2D eigenvalue weighted by Crippen LogP contribution is -2.31. The summed E-state index contributed by atoms with van der Waals surface area (Å²) in [5.41, 5.74) is 3.53. The molecule has 0 aliphatic rings. The van der Waals surface area contributed by atoms with E-state index in [0.29, 0.717) is 23.5 Å². The standard InChI is InChI=1S/C16H23N5O2/c1-6-13-17-8(2)12(16(23)19-13)7-14(22)18-9(3)15-10(4)20-21-11(15)5/h9H,6-7H2,1-5H3,(H,18,22)(H,20,21)(H,17,19,23)/t9-/m0/s1. The van der Waals surface area contributed by atoms with Crippen LogP contribution in [-0.4, -0.2) is 26.1 Å². The Balaban J connectivity index is 2.13. The molecule has 1 atom stereocenters. The number of aryl methyl sites for hydroxylation is 4. The highest BCUT2D eigenvalue weighted by atomic mass is 16.2. The molecular weight excluding hydrogens is 294 g/mol. The van der Waals surface area contributed by atoms with E-state index in [0.717, 1.165) is 17.0 Å². The van der Waals surface area contributed by atoms with Crippen LogP contribution >= 0.6 is 0 Å². The smallest absolute Gasteiger partial charge is 0.254 e. The second-order valence-corrected chi connectivity index (χ2v) is 5.74. The number of hydrogen-bond acceptors (Lipinski definition) is 4. The average Bonchev–Trinajstić information content (AvgIpc) is 2.81. The molecule has 2 heterocycles. The summed E-state index contributed by atoms with van der Waals surface area (Å²) in [6.45, 7) is 9.38. The van der Waals surface area contributed by atoms with E-state index in [-0.39, 0.29) is 23.9 Å². The molecule has 124 valence electrons. The van der Waals surface area contributed by atoms with Gasteiger partial charge in [-0.3, -0.25) is 14.7 Å². The number of nitrogens with one attached hydrogen (secondary N) is 3. The molecule has 1 amide bonds.